The minimum absolute atomic E-state index is 0.00978. The van der Waals surface area contributed by atoms with Crippen molar-refractivity contribution in [2.75, 3.05) is 18.6 Å². The molecule has 0 saturated carbocycles. The van der Waals surface area contributed by atoms with Crippen molar-refractivity contribution >= 4 is 39.2 Å². The van der Waals surface area contributed by atoms with Gasteiger partial charge in [-0.1, -0.05) is 0 Å². The van der Waals surface area contributed by atoms with Crippen LogP contribution in [0.1, 0.15) is 12.0 Å². The zero-order chi connectivity index (χ0) is 15.7. The van der Waals surface area contributed by atoms with Gasteiger partial charge in [0, 0.05) is 23.5 Å². The first kappa shape index (κ1) is 15.4. The summed E-state index contributed by atoms with van der Waals surface area (Å²) in [4.78, 5) is 35.6. The summed E-state index contributed by atoms with van der Waals surface area (Å²) in [6, 6.07) is 3.10. The number of nitrogens with zero attached hydrogens (tertiary/aromatic N) is 2. The molecule has 0 bridgehead atoms. The molecule has 0 aromatic heterocycles. The van der Waals surface area contributed by atoms with Crippen LogP contribution in [0.15, 0.2) is 16.6 Å². The zero-order valence-electron chi connectivity index (χ0n) is 11.5. The van der Waals surface area contributed by atoms with E-state index in [2.05, 4.69) is 20.7 Å². The van der Waals surface area contributed by atoms with E-state index in [1.807, 2.05) is 0 Å². The average Bonchev–Trinajstić information content (AvgIpc) is 2.78. The third kappa shape index (κ3) is 2.90. The molecule has 1 aliphatic rings. The molecule has 7 nitrogen and oxygen atoms in total. The van der Waals surface area contributed by atoms with E-state index in [0.29, 0.717) is 10.0 Å². The SMILES string of the molecule is COC(=O)C1CC(=O)N(c2c(Br)cc(C)cc2[N+](=O)[O-])C1. The maximum absolute atomic E-state index is 12.1. The van der Waals surface area contributed by atoms with Gasteiger partial charge in [-0.2, -0.15) is 0 Å². The number of aryl methyl sites for hydroxylation is 1. The highest BCUT2D eigenvalue weighted by Crippen LogP contribution is 2.40. The van der Waals surface area contributed by atoms with Crippen LogP contribution in [0.4, 0.5) is 11.4 Å². The molecule has 0 aliphatic carbocycles. The Morgan fingerprint density at radius 2 is 2.19 bits per heavy atom. The summed E-state index contributed by atoms with van der Waals surface area (Å²) in [5.41, 5.74) is 0.719. The maximum atomic E-state index is 12.1. The van der Waals surface area contributed by atoms with E-state index in [9.17, 15) is 19.7 Å². The number of nitro benzene ring substituents is 1. The average molecular weight is 357 g/mol. The van der Waals surface area contributed by atoms with Gasteiger partial charge in [0.2, 0.25) is 5.91 Å². The number of halogens is 1. The molecule has 0 radical (unpaired) electrons. The van der Waals surface area contributed by atoms with Crippen LogP contribution in [0.3, 0.4) is 0 Å². The third-order valence-electron chi connectivity index (χ3n) is 3.31. The van der Waals surface area contributed by atoms with Gasteiger partial charge in [-0.3, -0.25) is 19.7 Å². The lowest BCUT2D eigenvalue weighted by Crippen LogP contribution is -2.27. The van der Waals surface area contributed by atoms with E-state index in [-0.39, 0.29) is 30.2 Å². The molecule has 1 heterocycles. The van der Waals surface area contributed by atoms with Gasteiger partial charge in [-0.25, -0.2) is 0 Å². The van der Waals surface area contributed by atoms with Crippen LogP contribution in [0, 0.1) is 23.0 Å². The third-order valence-corrected chi connectivity index (χ3v) is 3.92. The highest BCUT2D eigenvalue weighted by Gasteiger charge is 2.39. The van der Waals surface area contributed by atoms with E-state index in [0.717, 1.165) is 0 Å². The van der Waals surface area contributed by atoms with E-state index in [1.54, 1.807) is 13.0 Å². The summed E-state index contributed by atoms with van der Waals surface area (Å²) < 4.78 is 5.08. The molecule has 21 heavy (non-hydrogen) atoms. The molecule has 112 valence electrons. The number of nitro groups is 1. The fourth-order valence-corrected chi connectivity index (χ4v) is 3.15. The van der Waals surface area contributed by atoms with Crippen LogP contribution in [0.2, 0.25) is 0 Å². The van der Waals surface area contributed by atoms with E-state index < -0.39 is 16.8 Å². The number of anilines is 1. The van der Waals surface area contributed by atoms with Gasteiger partial charge < -0.3 is 9.64 Å². The van der Waals surface area contributed by atoms with E-state index in [4.69, 9.17) is 0 Å². The van der Waals surface area contributed by atoms with Gasteiger partial charge in [0.25, 0.3) is 5.69 Å². The maximum Gasteiger partial charge on any atom is 0.311 e. The van der Waals surface area contributed by atoms with Gasteiger partial charge in [-0.05, 0) is 34.5 Å². The highest BCUT2D eigenvalue weighted by molar-refractivity contribution is 9.10. The van der Waals surface area contributed by atoms with Crippen molar-refractivity contribution in [1.29, 1.82) is 0 Å². The molecule has 8 heteroatoms. The molecule has 1 aromatic carbocycles. The van der Waals surface area contributed by atoms with Crippen LogP contribution >= 0.6 is 15.9 Å². The normalized spacial score (nSPS) is 18.0. The molecule has 1 unspecified atom stereocenters. The number of esters is 1. The molecule has 2 rings (SSSR count). The Kier molecular flexibility index (Phi) is 4.26. The largest absolute Gasteiger partial charge is 0.469 e. The van der Waals surface area contributed by atoms with Crippen molar-refractivity contribution in [3.8, 4) is 0 Å². The molecule has 1 fully saturated rings. The fraction of sp³-hybridized carbons (Fsp3) is 0.385. The van der Waals surface area contributed by atoms with Crippen molar-refractivity contribution in [3.63, 3.8) is 0 Å². The van der Waals surface area contributed by atoms with Gasteiger partial charge >= 0.3 is 5.97 Å². The minimum atomic E-state index is -0.602. The molecular formula is C13H13BrN2O5. The number of carbonyl (C=O) groups excluding carboxylic acids is 2. The Morgan fingerprint density at radius 3 is 2.76 bits per heavy atom. The molecule has 1 saturated heterocycles. The summed E-state index contributed by atoms with van der Waals surface area (Å²) in [6.45, 7) is 1.80. The van der Waals surface area contributed by atoms with Crippen LogP contribution < -0.4 is 4.90 Å². The lowest BCUT2D eigenvalue weighted by atomic mass is 10.1. The number of ether oxygens (including phenoxy) is 1. The Labute approximate surface area is 129 Å². The minimum Gasteiger partial charge on any atom is -0.469 e. The topological polar surface area (TPSA) is 89.8 Å². The Balaban J connectivity index is 2.45. The Hall–Kier alpha value is -1.96. The second-order valence-electron chi connectivity index (χ2n) is 4.80. The second-order valence-corrected chi connectivity index (χ2v) is 5.65. The number of benzene rings is 1. The number of hydrogen-bond donors (Lipinski definition) is 0. The predicted octanol–water partition coefficient (Wildman–Crippen LogP) is 2.19. The van der Waals surface area contributed by atoms with E-state index in [1.165, 1.54) is 18.1 Å². The zero-order valence-corrected chi connectivity index (χ0v) is 13.0. The smallest absolute Gasteiger partial charge is 0.311 e. The number of amides is 1. The molecule has 0 N–H and O–H groups in total. The summed E-state index contributed by atoms with van der Waals surface area (Å²) in [7, 11) is 1.25. The van der Waals surface area contributed by atoms with Crippen molar-refractivity contribution in [2.24, 2.45) is 5.92 Å². The van der Waals surface area contributed by atoms with Crippen LogP contribution in [0.5, 0.6) is 0 Å². The highest BCUT2D eigenvalue weighted by atomic mass is 79.9. The number of carbonyl (C=O) groups is 2. The quantitative estimate of drug-likeness (QED) is 0.470. The second kappa shape index (κ2) is 5.80. The van der Waals surface area contributed by atoms with Gasteiger partial charge in [0.15, 0.2) is 0 Å². The Morgan fingerprint density at radius 1 is 1.52 bits per heavy atom. The van der Waals surface area contributed by atoms with Gasteiger partial charge in [0.05, 0.1) is 18.0 Å². The molecule has 1 aromatic rings. The number of rotatable bonds is 3. The summed E-state index contributed by atoms with van der Waals surface area (Å²) in [6.07, 6.45) is -0.00978. The first-order chi connectivity index (χ1) is 9.85. The molecular weight excluding hydrogens is 344 g/mol. The Bertz CT molecular complexity index is 631. The van der Waals surface area contributed by atoms with Gasteiger partial charge in [0.1, 0.15) is 5.69 Å². The van der Waals surface area contributed by atoms with Crippen molar-refractivity contribution in [1.82, 2.24) is 0 Å². The summed E-state index contributed by atoms with van der Waals surface area (Å²) >= 11 is 3.26. The molecule has 0 spiro atoms. The van der Waals surface area contributed by atoms with Crippen molar-refractivity contribution in [2.45, 2.75) is 13.3 Å². The fourth-order valence-electron chi connectivity index (χ4n) is 2.37. The lowest BCUT2D eigenvalue weighted by Gasteiger charge is -2.18. The molecule has 1 atom stereocenters. The predicted molar refractivity (Wildman–Crippen MR) is 78.0 cm³/mol. The first-order valence-corrected chi connectivity index (χ1v) is 6.97. The number of hydrogen-bond acceptors (Lipinski definition) is 5. The van der Waals surface area contributed by atoms with E-state index >= 15 is 0 Å². The van der Waals surface area contributed by atoms with Gasteiger partial charge in [-0.15, -0.1) is 0 Å². The molecule has 1 amide bonds. The van der Waals surface area contributed by atoms with Crippen LogP contribution in [0.25, 0.3) is 0 Å². The first-order valence-electron chi connectivity index (χ1n) is 6.18. The van der Waals surface area contributed by atoms with Crippen LogP contribution in [-0.2, 0) is 14.3 Å². The standard InChI is InChI=1S/C13H13BrN2O5/c1-7-3-9(14)12(10(4-7)16(19)20)15-6-8(5-11(15)17)13(18)21-2/h3-4,8H,5-6H2,1-2H3. The molecule has 1 aliphatic heterocycles. The monoisotopic (exact) mass is 356 g/mol. The summed E-state index contributed by atoms with van der Waals surface area (Å²) in [5, 5.41) is 11.2. The van der Waals surface area contributed by atoms with Crippen LogP contribution in [-0.4, -0.2) is 30.5 Å². The van der Waals surface area contributed by atoms with Crippen molar-refractivity contribution < 1.29 is 19.2 Å². The number of methoxy groups -OCH3 is 1. The summed E-state index contributed by atoms with van der Waals surface area (Å²) in [5.74, 6) is -1.43. The lowest BCUT2D eigenvalue weighted by molar-refractivity contribution is -0.384. The van der Waals surface area contributed by atoms with Crippen molar-refractivity contribution in [3.05, 3.63) is 32.3 Å².